The van der Waals surface area contributed by atoms with Crippen molar-refractivity contribution in [2.45, 2.75) is 29.0 Å². The third-order valence-electron chi connectivity index (χ3n) is 4.18. The molecular formula is C17H17NOS. The summed E-state index contributed by atoms with van der Waals surface area (Å²) in [5.74, 6) is 1.04. The van der Waals surface area contributed by atoms with E-state index >= 15 is 0 Å². The Morgan fingerprint density at radius 1 is 1.10 bits per heavy atom. The maximum atomic E-state index is 6.55. The highest BCUT2D eigenvalue weighted by molar-refractivity contribution is 8.00. The number of benzene rings is 2. The molecule has 2 heterocycles. The van der Waals surface area contributed by atoms with Crippen molar-refractivity contribution < 1.29 is 4.74 Å². The van der Waals surface area contributed by atoms with E-state index in [0.29, 0.717) is 5.25 Å². The predicted molar refractivity (Wildman–Crippen MR) is 82.4 cm³/mol. The van der Waals surface area contributed by atoms with Crippen molar-refractivity contribution in [2.75, 3.05) is 6.61 Å². The van der Waals surface area contributed by atoms with Crippen LogP contribution in [0.5, 0.6) is 5.75 Å². The molecule has 2 N–H and O–H groups in total. The molecule has 0 saturated carbocycles. The average Bonchev–Trinajstić information content (AvgIpc) is 3.12. The Morgan fingerprint density at radius 2 is 1.95 bits per heavy atom. The van der Waals surface area contributed by atoms with E-state index in [2.05, 4.69) is 42.5 Å². The van der Waals surface area contributed by atoms with Crippen LogP contribution in [0.3, 0.4) is 0 Å². The van der Waals surface area contributed by atoms with Gasteiger partial charge in [0.25, 0.3) is 0 Å². The summed E-state index contributed by atoms with van der Waals surface area (Å²) in [5.41, 5.74) is 10.5. The molecule has 0 fully saturated rings. The minimum absolute atomic E-state index is 0.0282. The quantitative estimate of drug-likeness (QED) is 0.918. The summed E-state index contributed by atoms with van der Waals surface area (Å²) in [4.78, 5) is 1.38. The fourth-order valence-corrected chi connectivity index (χ4v) is 4.45. The molecule has 0 saturated heterocycles. The van der Waals surface area contributed by atoms with Crippen LogP contribution >= 0.6 is 11.8 Å². The lowest BCUT2D eigenvalue weighted by molar-refractivity contribution is 0.351. The third kappa shape index (κ3) is 1.93. The van der Waals surface area contributed by atoms with E-state index in [-0.39, 0.29) is 6.04 Å². The minimum atomic E-state index is 0.0282. The number of rotatable bonds is 2. The molecule has 0 radical (unpaired) electrons. The number of nitrogens with two attached hydrogens (primary N) is 1. The maximum absolute atomic E-state index is 6.55. The molecular weight excluding hydrogens is 266 g/mol. The number of hydrogen-bond acceptors (Lipinski definition) is 3. The highest BCUT2D eigenvalue weighted by Gasteiger charge is 2.31. The number of fused-ring (bicyclic) bond motifs is 2. The summed E-state index contributed by atoms with van der Waals surface area (Å²) in [6.07, 6.45) is 2.06. The second kappa shape index (κ2) is 4.83. The molecule has 2 aromatic carbocycles. The van der Waals surface area contributed by atoms with Gasteiger partial charge in [-0.15, -0.1) is 11.8 Å². The topological polar surface area (TPSA) is 35.2 Å². The van der Waals surface area contributed by atoms with Crippen LogP contribution in [0.15, 0.2) is 47.4 Å². The Hall–Kier alpha value is -1.45. The lowest BCUT2D eigenvalue weighted by Crippen LogP contribution is -2.23. The normalized spacial score (nSPS) is 21.1. The van der Waals surface area contributed by atoms with E-state index in [1.165, 1.54) is 21.6 Å². The molecule has 0 aliphatic carbocycles. The molecule has 4 rings (SSSR count). The zero-order valence-electron chi connectivity index (χ0n) is 11.2. The molecule has 3 heteroatoms. The Bertz CT molecular complexity index is 630. The van der Waals surface area contributed by atoms with Crippen molar-refractivity contribution >= 4 is 11.8 Å². The first kappa shape index (κ1) is 12.3. The molecule has 2 aromatic rings. The number of ether oxygens (including phenoxy) is 1. The Labute approximate surface area is 123 Å². The van der Waals surface area contributed by atoms with E-state index in [1.54, 1.807) is 0 Å². The van der Waals surface area contributed by atoms with E-state index < -0.39 is 0 Å². The van der Waals surface area contributed by atoms with E-state index in [1.807, 2.05) is 11.8 Å². The zero-order valence-corrected chi connectivity index (χ0v) is 12.0. The summed E-state index contributed by atoms with van der Waals surface area (Å²) >= 11 is 1.90. The van der Waals surface area contributed by atoms with Crippen LogP contribution in [0.25, 0.3) is 0 Å². The molecule has 0 spiro atoms. The molecule has 2 aliphatic rings. The summed E-state index contributed by atoms with van der Waals surface area (Å²) in [6, 6.07) is 15.0. The van der Waals surface area contributed by atoms with Gasteiger partial charge in [0.1, 0.15) is 5.75 Å². The summed E-state index contributed by atoms with van der Waals surface area (Å²) in [5, 5.41) is 0.406. The number of thioether (sulfide) groups is 1. The van der Waals surface area contributed by atoms with Gasteiger partial charge in [-0.1, -0.05) is 36.4 Å². The lowest BCUT2D eigenvalue weighted by atomic mass is 9.97. The second-order valence-corrected chi connectivity index (χ2v) is 6.71. The fourth-order valence-electron chi connectivity index (χ4n) is 3.11. The van der Waals surface area contributed by atoms with Crippen LogP contribution in [0.4, 0.5) is 0 Å². The number of hydrogen-bond donors (Lipinski definition) is 1. The molecule has 0 bridgehead atoms. The summed E-state index contributed by atoms with van der Waals surface area (Å²) < 4.78 is 5.80. The number of para-hydroxylation sites is 1. The van der Waals surface area contributed by atoms with Crippen molar-refractivity contribution in [1.29, 1.82) is 0 Å². The largest absolute Gasteiger partial charge is 0.493 e. The van der Waals surface area contributed by atoms with Crippen molar-refractivity contribution in [3.8, 4) is 5.75 Å². The van der Waals surface area contributed by atoms with Crippen LogP contribution < -0.4 is 10.5 Å². The summed E-state index contributed by atoms with van der Waals surface area (Å²) in [6.45, 7) is 0.789. The molecule has 2 aliphatic heterocycles. The van der Waals surface area contributed by atoms with Gasteiger partial charge in [-0.3, -0.25) is 0 Å². The third-order valence-corrected chi connectivity index (χ3v) is 5.59. The van der Waals surface area contributed by atoms with Gasteiger partial charge < -0.3 is 10.5 Å². The zero-order chi connectivity index (χ0) is 13.5. The minimum Gasteiger partial charge on any atom is -0.493 e. The van der Waals surface area contributed by atoms with E-state index in [0.717, 1.165) is 25.2 Å². The lowest BCUT2D eigenvalue weighted by Gasteiger charge is -2.20. The van der Waals surface area contributed by atoms with Gasteiger partial charge in [0.15, 0.2) is 0 Å². The first-order valence-electron chi connectivity index (χ1n) is 7.07. The SMILES string of the molecule is NC(c1cccc2c1OCC2)C1Cc2ccccc2S1. The average molecular weight is 283 g/mol. The molecule has 2 unspecified atom stereocenters. The van der Waals surface area contributed by atoms with Crippen molar-refractivity contribution in [1.82, 2.24) is 0 Å². The molecule has 20 heavy (non-hydrogen) atoms. The maximum Gasteiger partial charge on any atom is 0.127 e. The highest BCUT2D eigenvalue weighted by atomic mass is 32.2. The van der Waals surface area contributed by atoms with Crippen molar-refractivity contribution in [2.24, 2.45) is 5.73 Å². The van der Waals surface area contributed by atoms with Crippen molar-refractivity contribution in [3.63, 3.8) is 0 Å². The highest BCUT2D eigenvalue weighted by Crippen LogP contribution is 2.44. The Kier molecular flexibility index (Phi) is 2.97. The van der Waals surface area contributed by atoms with Gasteiger partial charge in [-0.2, -0.15) is 0 Å². The first-order valence-corrected chi connectivity index (χ1v) is 7.95. The standard InChI is InChI=1S/C17H17NOS/c18-16(13-6-3-5-11-8-9-19-17(11)13)15-10-12-4-1-2-7-14(12)20-15/h1-7,15-16H,8-10,18H2. The van der Waals surface area contributed by atoms with Crippen LogP contribution in [-0.2, 0) is 12.8 Å². The van der Waals surface area contributed by atoms with Crippen LogP contribution in [0, 0.1) is 0 Å². The van der Waals surface area contributed by atoms with Gasteiger partial charge in [-0.05, 0) is 23.6 Å². The summed E-state index contributed by atoms with van der Waals surface area (Å²) in [7, 11) is 0. The van der Waals surface area contributed by atoms with Gasteiger partial charge in [0.05, 0.1) is 6.61 Å². The van der Waals surface area contributed by atoms with Crippen molar-refractivity contribution in [3.05, 3.63) is 59.2 Å². The van der Waals surface area contributed by atoms with Gasteiger partial charge >= 0.3 is 0 Å². The van der Waals surface area contributed by atoms with Gasteiger partial charge in [0, 0.05) is 28.2 Å². The Morgan fingerprint density at radius 3 is 2.85 bits per heavy atom. The molecule has 0 aromatic heterocycles. The second-order valence-electron chi connectivity index (χ2n) is 5.43. The smallest absolute Gasteiger partial charge is 0.127 e. The first-order chi connectivity index (χ1) is 9.83. The van der Waals surface area contributed by atoms with Gasteiger partial charge in [0.2, 0.25) is 0 Å². The molecule has 102 valence electrons. The van der Waals surface area contributed by atoms with E-state index in [9.17, 15) is 0 Å². The molecule has 2 nitrogen and oxygen atoms in total. The van der Waals surface area contributed by atoms with Crippen LogP contribution in [0.1, 0.15) is 22.7 Å². The van der Waals surface area contributed by atoms with Crippen LogP contribution in [-0.4, -0.2) is 11.9 Å². The molecule has 2 atom stereocenters. The Balaban J connectivity index is 1.64. The fraction of sp³-hybridized carbons (Fsp3) is 0.294. The molecule has 0 amide bonds. The van der Waals surface area contributed by atoms with Crippen LogP contribution in [0.2, 0.25) is 0 Å². The van der Waals surface area contributed by atoms with Gasteiger partial charge in [-0.25, -0.2) is 0 Å². The monoisotopic (exact) mass is 283 g/mol. The van der Waals surface area contributed by atoms with E-state index in [4.69, 9.17) is 10.5 Å². The predicted octanol–water partition coefficient (Wildman–Crippen LogP) is 3.34.